The zero-order valence-electron chi connectivity index (χ0n) is 12.8. The van der Waals surface area contributed by atoms with Gasteiger partial charge in [-0.2, -0.15) is 5.10 Å². The van der Waals surface area contributed by atoms with Crippen molar-refractivity contribution >= 4 is 11.0 Å². The Hall–Kier alpha value is -2.07. The van der Waals surface area contributed by atoms with Crippen molar-refractivity contribution in [3.8, 4) is 0 Å². The number of hydrogen-bond acceptors (Lipinski definition) is 3. The van der Waals surface area contributed by atoms with E-state index >= 15 is 0 Å². The largest absolute Gasteiger partial charge is 0.458 e. The van der Waals surface area contributed by atoms with E-state index in [9.17, 15) is 5.11 Å². The summed E-state index contributed by atoms with van der Waals surface area (Å²) in [6, 6.07) is 9.65. The van der Waals surface area contributed by atoms with Gasteiger partial charge >= 0.3 is 0 Å². The molecule has 0 spiro atoms. The molecule has 0 saturated carbocycles. The van der Waals surface area contributed by atoms with Gasteiger partial charge in [0.15, 0.2) is 0 Å². The van der Waals surface area contributed by atoms with Gasteiger partial charge in [0.05, 0.1) is 5.69 Å². The number of furan rings is 1. The van der Waals surface area contributed by atoms with Crippen molar-refractivity contribution in [2.75, 3.05) is 0 Å². The number of hydrogen-bond donors (Lipinski definition) is 1. The first-order valence-corrected chi connectivity index (χ1v) is 7.07. The van der Waals surface area contributed by atoms with Crippen LogP contribution in [-0.2, 0) is 12.5 Å². The maximum absolute atomic E-state index is 10.7. The highest BCUT2D eigenvalue weighted by molar-refractivity contribution is 5.77. The lowest BCUT2D eigenvalue weighted by atomic mass is 9.88. The van der Waals surface area contributed by atoms with Crippen LogP contribution in [0, 0.1) is 0 Å². The molecular formula is C17H20N2O2. The van der Waals surface area contributed by atoms with Crippen LogP contribution in [0.1, 0.15) is 43.9 Å². The van der Waals surface area contributed by atoms with Crippen molar-refractivity contribution in [2.45, 2.75) is 32.3 Å². The number of fused-ring (bicyclic) bond motifs is 1. The number of nitrogens with zero attached hydrogens (tertiary/aromatic N) is 2. The Balaban J connectivity index is 2.08. The monoisotopic (exact) mass is 284 g/mol. The Kier molecular flexibility index (Phi) is 3.14. The van der Waals surface area contributed by atoms with Crippen molar-refractivity contribution in [3.05, 3.63) is 53.5 Å². The molecule has 2 heterocycles. The van der Waals surface area contributed by atoms with E-state index in [0.717, 1.165) is 22.2 Å². The van der Waals surface area contributed by atoms with E-state index in [1.807, 2.05) is 43.6 Å². The SMILES string of the molecule is Cn1cc(C(O)c2cc3ccccc3o2)c(C(C)(C)C)n1. The molecule has 1 unspecified atom stereocenters. The van der Waals surface area contributed by atoms with Gasteiger partial charge in [-0.15, -0.1) is 0 Å². The molecule has 1 aromatic carbocycles. The second-order valence-electron chi connectivity index (χ2n) is 6.45. The van der Waals surface area contributed by atoms with E-state index in [0.29, 0.717) is 5.76 Å². The Labute approximate surface area is 124 Å². The Morgan fingerprint density at radius 3 is 2.62 bits per heavy atom. The molecule has 1 N–H and O–H groups in total. The fraction of sp³-hybridized carbons (Fsp3) is 0.353. The minimum absolute atomic E-state index is 0.135. The molecular weight excluding hydrogens is 264 g/mol. The van der Waals surface area contributed by atoms with Gasteiger partial charge in [-0.25, -0.2) is 0 Å². The highest BCUT2D eigenvalue weighted by Gasteiger charge is 2.28. The number of benzene rings is 1. The standard InChI is InChI=1S/C17H20N2O2/c1-17(2,3)16-12(10-19(4)18-16)15(20)14-9-11-7-5-6-8-13(11)21-14/h5-10,15,20H,1-4H3. The third kappa shape index (κ3) is 2.47. The van der Waals surface area contributed by atoms with Gasteiger partial charge in [0.1, 0.15) is 17.4 Å². The van der Waals surface area contributed by atoms with E-state index < -0.39 is 6.10 Å². The third-order valence-electron chi connectivity index (χ3n) is 3.58. The lowest BCUT2D eigenvalue weighted by molar-refractivity contribution is 0.190. The van der Waals surface area contributed by atoms with E-state index in [2.05, 4.69) is 25.9 Å². The summed E-state index contributed by atoms with van der Waals surface area (Å²) in [4.78, 5) is 0. The fourth-order valence-corrected chi connectivity index (χ4v) is 2.58. The summed E-state index contributed by atoms with van der Waals surface area (Å²) < 4.78 is 7.51. The summed E-state index contributed by atoms with van der Waals surface area (Å²) in [6.45, 7) is 6.26. The minimum atomic E-state index is -0.805. The molecule has 4 nitrogen and oxygen atoms in total. The summed E-state index contributed by atoms with van der Waals surface area (Å²) >= 11 is 0. The lowest BCUT2D eigenvalue weighted by Crippen LogP contribution is -2.16. The number of aryl methyl sites for hydroxylation is 1. The average Bonchev–Trinajstić information content (AvgIpc) is 3.00. The van der Waals surface area contributed by atoms with Crippen LogP contribution >= 0.6 is 0 Å². The van der Waals surface area contributed by atoms with Crippen LogP contribution in [0.3, 0.4) is 0 Å². The van der Waals surface area contributed by atoms with Gasteiger partial charge < -0.3 is 9.52 Å². The summed E-state index contributed by atoms with van der Waals surface area (Å²) in [5.74, 6) is 0.551. The zero-order chi connectivity index (χ0) is 15.2. The van der Waals surface area contributed by atoms with Crippen LogP contribution in [0.15, 0.2) is 40.9 Å². The first-order chi connectivity index (χ1) is 9.86. The lowest BCUT2D eigenvalue weighted by Gasteiger charge is -2.19. The Morgan fingerprint density at radius 1 is 1.24 bits per heavy atom. The maximum Gasteiger partial charge on any atom is 0.140 e. The molecule has 0 aliphatic carbocycles. The summed E-state index contributed by atoms with van der Waals surface area (Å²) in [7, 11) is 1.87. The molecule has 0 fully saturated rings. The van der Waals surface area contributed by atoms with Crippen molar-refractivity contribution in [1.29, 1.82) is 0 Å². The second-order valence-corrected chi connectivity index (χ2v) is 6.45. The predicted molar refractivity (Wildman–Crippen MR) is 82.2 cm³/mol. The van der Waals surface area contributed by atoms with Gasteiger partial charge in [-0.3, -0.25) is 4.68 Å². The minimum Gasteiger partial charge on any atom is -0.458 e. The number of aliphatic hydroxyl groups is 1. The number of rotatable bonds is 2. The topological polar surface area (TPSA) is 51.2 Å². The normalized spacial score (nSPS) is 13.8. The smallest absolute Gasteiger partial charge is 0.140 e. The predicted octanol–water partition coefficient (Wildman–Crippen LogP) is 3.55. The van der Waals surface area contributed by atoms with Crippen LogP contribution < -0.4 is 0 Å². The molecule has 0 aliphatic heterocycles. The molecule has 110 valence electrons. The molecule has 21 heavy (non-hydrogen) atoms. The first-order valence-electron chi connectivity index (χ1n) is 7.07. The number of para-hydroxylation sites is 1. The highest BCUT2D eigenvalue weighted by atomic mass is 16.4. The highest BCUT2D eigenvalue weighted by Crippen LogP contribution is 2.33. The zero-order valence-corrected chi connectivity index (χ0v) is 12.8. The number of aromatic nitrogens is 2. The molecule has 1 atom stereocenters. The van der Waals surface area contributed by atoms with Gasteiger partial charge in [0.25, 0.3) is 0 Å². The van der Waals surface area contributed by atoms with Crippen LogP contribution in [0.5, 0.6) is 0 Å². The van der Waals surface area contributed by atoms with Crippen LogP contribution in [0.2, 0.25) is 0 Å². The van der Waals surface area contributed by atoms with E-state index in [1.54, 1.807) is 4.68 Å². The molecule has 3 rings (SSSR count). The van der Waals surface area contributed by atoms with Crippen LogP contribution in [0.25, 0.3) is 11.0 Å². The Morgan fingerprint density at radius 2 is 1.95 bits per heavy atom. The van der Waals surface area contributed by atoms with Gasteiger partial charge in [0.2, 0.25) is 0 Å². The Bertz CT molecular complexity index is 745. The van der Waals surface area contributed by atoms with Crippen molar-refractivity contribution < 1.29 is 9.52 Å². The average molecular weight is 284 g/mol. The number of aliphatic hydroxyl groups excluding tert-OH is 1. The molecule has 0 radical (unpaired) electrons. The van der Waals surface area contributed by atoms with E-state index in [1.165, 1.54) is 0 Å². The first kappa shape index (κ1) is 13.9. The van der Waals surface area contributed by atoms with Crippen LogP contribution in [0.4, 0.5) is 0 Å². The summed E-state index contributed by atoms with van der Waals surface area (Å²) in [6.07, 6.45) is 1.05. The van der Waals surface area contributed by atoms with Gasteiger partial charge in [0, 0.05) is 29.6 Å². The molecule has 4 heteroatoms. The van der Waals surface area contributed by atoms with E-state index in [4.69, 9.17) is 4.42 Å². The summed E-state index contributed by atoms with van der Waals surface area (Å²) in [5, 5.41) is 16.2. The van der Waals surface area contributed by atoms with Crippen molar-refractivity contribution in [3.63, 3.8) is 0 Å². The molecule has 3 aromatic rings. The molecule has 0 bridgehead atoms. The van der Waals surface area contributed by atoms with E-state index in [-0.39, 0.29) is 5.41 Å². The molecule has 0 aliphatic rings. The van der Waals surface area contributed by atoms with Crippen molar-refractivity contribution in [2.24, 2.45) is 7.05 Å². The maximum atomic E-state index is 10.7. The van der Waals surface area contributed by atoms with Gasteiger partial charge in [-0.1, -0.05) is 39.0 Å². The fourth-order valence-electron chi connectivity index (χ4n) is 2.58. The third-order valence-corrected chi connectivity index (χ3v) is 3.58. The van der Waals surface area contributed by atoms with Gasteiger partial charge in [-0.05, 0) is 12.1 Å². The second kappa shape index (κ2) is 4.74. The molecule has 0 saturated heterocycles. The molecule has 0 amide bonds. The quantitative estimate of drug-likeness (QED) is 0.783. The summed E-state index contributed by atoms with van der Waals surface area (Å²) in [5.41, 5.74) is 2.33. The van der Waals surface area contributed by atoms with Crippen molar-refractivity contribution in [1.82, 2.24) is 9.78 Å². The molecule has 2 aromatic heterocycles. The van der Waals surface area contributed by atoms with Crippen LogP contribution in [-0.4, -0.2) is 14.9 Å².